The molecule has 1 N–H and O–H groups in total. The van der Waals surface area contributed by atoms with E-state index in [9.17, 15) is 4.39 Å². The minimum atomic E-state index is -0.101. The number of allylic oxidation sites excluding steroid dienone is 6. The van der Waals surface area contributed by atoms with E-state index in [0.717, 1.165) is 30.5 Å². The van der Waals surface area contributed by atoms with Crippen molar-refractivity contribution in [1.29, 1.82) is 0 Å². The lowest BCUT2D eigenvalue weighted by Crippen LogP contribution is -2.14. The maximum atomic E-state index is 14.1. The largest absolute Gasteiger partial charge is 0.309 e. The van der Waals surface area contributed by atoms with Gasteiger partial charge in [0.25, 0.3) is 0 Å². The van der Waals surface area contributed by atoms with Crippen LogP contribution in [0.5, 0.6) is 0 Å². The zero-order chi connectivity index (χ0) is 36.9. The normalized spacial score (nSPS) is 16.0. The summed E-state index contributed by atoms with van der Waals surface area (Å²) < 4.78 is 14.1. The van der Waals surface area contributed by atoms with Crippen LogP contribution in [-0.2, 0) is 0 Å². The molecule has 48 heavy (non-hydrogen) atoms. The zero-order valence-corrected chi connectivity index (χ0v) is 33.2. The molecule has 2 unspecified atom stereocenters. The summed E-state index contributed by atoms with van der Waals surface area (Å²) in [6.45, 7) is 34.8. The monoisotopic (exact) mass is 660 g/mol. The third kappa shape index (κ3) is 18.0. The van der Waals surface area contributed by atoms with Crippen LogP contribution in [0.3, 0.4) is 0 Å². The number of halogens is 1. The van der Waals surface area contributed by atoms with Crippen LogP contribution in [0, 0.1) is 19.7 Å². The summed E-state index contributed by atoms with van der Waals surface area (Å²) in [6, 6.07) is 12.1. The standard InChI is InChI=1S/C20H22FN.C13H22.C5H10.C3H8.C3H6.C2H6/c1-4-15-6-7-16(10-14(15)3)17-11-20(22-12-17)18-8-5-13(2)9-19(18)21;1-4-8-13-11(5-2)9-7-10-12(13)6-3;1-3-5-4-2;2*1-3-2;1-2/h4-10,17,20,22H,1,11-12H2,2-3H3;9H,4-8,10H2,1-3H3;3H,1,4-5H2,2H3;3H2,1-2H3;3H,1H2,2H3;1-2H3. The average Bonchev–Trinajstić information content (AvgIpc) is 3.58. The smallest absolute Gasteiger partial charge is 0.128 e. The number of rotatable bonds is 9. The fraction of sp³-hybridized carbons (Fsp3) is 0.522. The second kappa shape index (κ2) is 30.1. The molecule has 2 aromatic carbocycles. The van der Waals surface area contributed by atoms with E-state index in [4.69, 9.17) is 0 Å². The van der Waals surface area contributed by atoms with Gasteiger partial charge in [0.05, 0.1) is 0 Å². The van der Waals surface area contributed by atoms with Crippen LogP contribution in [0.25, 0.3) is 6.08 Å². The highest BCUT2D eigenvalue weighted by molar-refractivity contribution is 5.53. The molecular weight excluding hydrogens is 586 g/mol. The Labute approximate surface area is 298 Å². The Morgan fingerprint density at radius 3 is 2.00 bits per heavy atom. The molecule has 1 nitrogen and oxygen atoms in total. The lowest BCUT2D eigenvalue weighted by molar-refractivity contribution is 0.555. The van der Waals surface area contributed by atoms with Gasteiger partial charge in [-0.25, -0.2) is 4.39 Å². The molecular formula is C46H74FN. The molecule has 0 spiro atoms. The van der Waals surface area contributed by atoms with Crippen LogP contribution in [0.2, 0.25) is 0 Å². The van der Waals surface area contributed by atoms with Crippen molar-refractivity contribution in [3.63, 3.8) is 0 Å². The molecule has 1 fully saturated rings. The number of hydrogen-bond acceptors (Lipinski definition) is 1. The maximum absolute atomic E-state index is 14.1. The van der Waals surface area contributed by atoms with Crippen molar-refractivity contribution in [2.75, 3.05) is 6.54 Å². The van der Waals surface area contributed by atoms with Gasteiger partial charge in [0, 0.05) is 18.2 Å². The van der Waals surface area contributed by atoms with E-state index in [1.807, 2.05) is 52.0 Å². The summed E-state index contributed by atoms with van der Waals surface area (Å²) in [5.74, 6) is 0.333. The van der Waals surface area contributed by atoms with Crippen LogP contribution in [0.1, 0.15) is 166 Å². The predicted molar refractivity (Wildman–Crippen MR) is 219 cm³/mol. The van der Waals surface area contributed by atoms with Gasteiger partial charge in [0.2, 0.25) is 0 Å². The maximum Gasteiger partial charge on any atom is 0.128 e. The summed E-state index contributed by atoms with van der Waals surface area (Å²) in [6.07, 6.45) is 20.2. The average molecular weight is 660 g/mol. The van der Waals surface area contributed by atoms with Crippen LogP contribution in [0.4, 0.5) is 4.39 Å². The molecule has 0 aromatic heterocycles. The van der Waals surface area contributed by atoms with Gasteiger partial charge in [-0.1, -0.05) is 141 Å². The van der Waals surface area contributed by atoms with Gasteiger partial charge in [-0.05, 0) is 111 Å². The SMILES string of the molecule is C=CC.C=CCCC.C=Cc1ccc(C2CNC(c3ccc(C)cc3F)C2)cc1C.CC.CCC.CCCC1=C(CC)CCC=C1CC. The fourth-order valence-electron chi connectivity index (χ4n) is 5.78. The van der Waals surface area contributed by atoms with Crippen molar-refractivity contribution in [2.24, 2.45) is 0 Å². The summed E-state index contributed by atoms with van der Waals surface area (Å²) >= 11 is 0. The number of benzene rings is 2. The minimum absolute atomic E-state index is 0.101. The molecule has 0 radical (unpaired) electrons. The van der Waals surface area contributed by atoms with E-state index in [-0.39, 0.29) is 11.9 Å². The summed E-state index contributed by atoms with van der Waals surface area (Å²) in [4.78, 5) is 0. The quantitative estimate of drug-likeness (QED) is 0.264. The first-order valence-electron chi connectivity index (χ1n) is 19.0. The van der Waals surface area contributed by atoms with E-state index in [0.29, 0.717) is 5.92 Å². The number of aryl methyl sites for hydroxylation is 2. The first-order chi connectivity index (χ1) is 23.2. The molecule has 1 aliphatic heterocycles. The van der Waals surface area contributed by atoms with Crippen LogP contribution in [-0.4, -0.2) is 6.54 Å². The number of nitrogens with one attached hydrogen (secondary N) is 1. The fourth-order valence-corrected chi connectivity index (χ4v) is 5.78. The number of hydrogen-bond donors (Lipinski definition) is 1. The molecule has 2 aromatic rings. The van der Waals surface area contributed by atoms with Gasteiger partial charge in [-0.15, -0.1) is 13.2 Å². The Hall–Kier alpha value is -2.97. The van der Waals surface area contributed by atoms with Crippen molar-refractivity contribution in [2.45, 2.75) is 152 Å². The molecule has 0 amide bonds. The molecule has 1 aliphatic carbocycles. The van der Waals surface area contributed by atoms with E-state index in [1.54, 1.807) is 28.9 Å². The second-order valence-electron chi connectivity index (χ2n) is 12.2. The third-order valence-electron chi connectivity index (χ3n) is 8.10. The third-order valence-corrected chi connectivity index (χ3v) is 8.10. The number of unbranched alkanes of at least 4 members (excludes halogenated alkanes) is 1. The first-order valence-corrected chi connectivity index (χ1v) is 19.0. The van der Waals surface area contributed by atoms with Crippen molar-refractivity contribution >= 4 is 6.08 Å². The van der Waals surface area contributed by atoms with Crippen molar-refractivity contribution in [3.05, 3.63) is 125 Å². The Balaban J connectivity index is 0. The highest BCUT2D eigenvalue weighted by Crippen LogP contribution is 2.35. The highest BCUT2D eigenvalue weighted by Gasteiger charge is 2.28. The topological polar surface area (TPSA) is 12.0 Å². The molecule has 1 heterocycles. The van der Waals surface area contributed by atoms with Gasteiger partial charge >= 0.3 is 0 Å². The van der Waals surface area contributed by atoms with Gasteiger partial charge in [-0.2, -0.15) is 0 Å². The summed E-state index contributed by atoms with van der Waals surface area (Å²) in [5.41, 5.74) is 10.5. The molecule has 2 aliphatic rings. The lowest BCUT2D eigenvalue weighted by atomic mass is 9.86. The zero-order valence-electron chi connectivity index (χ0n) is 33.2. The molecule has 1 saturated heterocycles. The first kappa shape index (κ1) is 47.1. The van der Waals surface area contributed by atoms with Crippen molar-refractivity contribution in [3.8, 4) is 0 Å². The molecule has 4 rings (SSSR count). The highest BCUT2D eigenvalue weighted by atomic mass is 19.1. The van der Waals surface area contributed by atoms with Gasteiger partial charge < -0.3 is 5.32 Å². The lowest BCUT2D eigenvalue weighted by Gasteiger charge is -2.20. The van der Waals surface area contributed by atoms with E-state index >= 15 is 0 Å². The van der Waals surface area contributed by atoms with Crippen LogP contribution < -0.4 is 5.32 Å². The van der Waals surface area contributed by atoms with E-state index in [1.165, 1.54) is 68.1 Å². The van der Waals surface area contributed by atoms with E-state index < -0.39 is 0 Å². The van der Waals surface area contributed by atoms with Crippen molar-refractivity contribution < 1.29 is 4.39 Å². The Morgan fingerprint density at radius 1 is 0.896 bits per heavy atom. The molecule has 2 atom stereocenters. The Bertz CT molecular complexity index is 1210. The summed E-state index contributed by atoms with van der Waals surface area (Å²) in [7, 11) is 0. The summed E-state index contributed by atoms with van der Waals surface area (Å²) in [5, 5.41) is 3.47. The predicted octanol–water partition coefficient (Wildman–Crippen LogP) is 15.1. The Kier molecular flexibility index (Phi) is 29.6. The van der Waals surface area contributed by atoms with Gasteiger partial charge in [-0.3, -0.25) is 0 Å². The minimum Gasteiger partial charge on any atom is -0.309 e. The molecule has 0 saturated carbocycles. The van der Waals surface area contributed by atoms with Gasteiger partial charge in [0.15, 0.2) is 0 Å². The van der Waals surface area contributed by atoms with Crippen molar-refractivity contribution in [1.82, 2.24) is 5.32 Å². The van der Waals surface area contributed by atoms with Crippen LogP contribution >= 0.6 is 0 Å². The molecule has 0 bridgehead atoms. The van der Waals surface area contributed by atoms with E-state index in [2.05, 4.69) is 97.8 Å². The Morgan fingerprint density at radius 2 is 1.54 bits per heavy atom. The van der Waals surface area contributed by atoms with Crippen LogP contribution in [0.15, 0.2) is 91.1 Å². The molecule has 270 valence electrons. The second-order valence-corrected chi connectivity index (χ2v) is 12.2. The molecule has 2 heteroatoms. The van der Waals surface area contributed by atoms with Gasteiger partial charge in [0.1, 0.15) is 5.82 Å².